The molecular formula is C30H41N5O21P2. The predicted molar refractivity (Wildman–Crippen MR) is 183 cm³/mol. The summed E-state index contributed by atoms with van der Waals surface area (Å²) in [5.74, 6) is -6.16. The molecule has 0 aromatic carbocycles. The number of fused-ring (bicyclic) bond motifs is 2. The highest BCUT2D eigenvalue weighted by Crippen LogP contribution is 2.62. The van der Waals surface area contributed by atoms with Gasteiger partial charge in [-0.25, -0.2) is 24.1 Å². The van der Waals surface area contributed by atoms with Crippen molar-refractivity contribution in [3.63, 3.8) is 0 Å². The molecule has 2 aromatic rings. The van der Waals surface area contributed by atoms with Crippen molar-refractivity contribution in [2.24, 2.45) is 0 Å². The molecule has 0 saturated carbocycles. The molecule has 12 atom stereocenters. The standard InChI is InChI=1S/C30H41N5O21P2/c1-12(36)45-8-17(47-13(2)37)20-22(48-14(3)38)23(49-15(4)39)25(50-16(5)40)29(52-20)55-58(43,44)56-57(41,42)46-9-18-21-24(54-30(6,7)53-21)28(51-18)35-11-34-19-26(31)32-10-33-27(19)35/h10-11,17-18,20-25,28-29H,8-9H2,1-7H3,(H,41,42)(H,43,44)(H2,31,32,33)/t17-,18-,20-,21-,22-,23+,24-,25+,28-,29+/m1/s1. The van der Waals surface area contributed by atoms with Gasteiger partial charge in [0.2, 0.25) is 6.29 Å². The molecule has 2 aromatic heterocycles. The van der Waals surface area contributed by atoms with Crippen molar-refractivity contribution in [2.75, 3.05) is 18.9 Å². The molecule has 322 valence electrons. The van der Waals surface area contributed by atoms with E-state index in [-0.39, 0.29) is 17.0 Å². The topological polar surface area (TPSA) is 340 Å². The molecule has 58 heavy (non-hydrogen) atoms. The van der Waals surface area contributed by atoms with Crippen molar-refractivity contribution in [2.45, 2.75) is 116 Å². The summed E-state index contributed by atoms with van der Waals surface area (Å²) in [7, 11) is -11.5. The largest absolute Gasteiger partial charge is 0.483 e. The van der Waals surface area contributed by atoms with Crippen molar-refractivity contribution in [1.82, 2.24) is 19.5 Å². The molecule has 2 unspecified atom stereocenters. The van der Waals surface area contributed by atoms with E-state index in [2.05, 4.69) is 19.3 Å². The lowest BCUT2D eigenvalue weighted by Crippen LogP contribution is -2.65. The van der Waals surface area contributed by atoms with Crippen molar-refractivity contribution in [3.05, 3.63) is 12.7 Å². The zero-order valence-corrected chi connectivity index (χ0v) is 33.5. The van der Waals surface area contributed by atoms with Crippen LogP contribution in [0.15, 0.2) is 12.7 Å². The number of hydrogen-bond acceptors (Lipinski definition) is 23. The Labute approximate surface area is 327 Å². The Morgan fingerprint density at radius 1 is 0.845 bits per heavy atom. The normalized spacial score (nSPS) is 30.3. The molecule has 26 nitrogen and oxygen atoms in total. The summed E-state index contributed by atoms with van der Waals surface area (Å²) in [5.41, 5.74) is 6.43. The average molecular weight is 870 g/mol. The molecule has 3 aliphatic rings. The summed E-state index contributed by atoms with van der Waals surface area (Å²) in [4.78, 5) is 94.2. The molecule has 4 N–H and O–H groups in total. The number of hydrogen-bond donors (Lipinski definition) is 3. The predicted octanol–water partition coefficient (Wildman–Crippen LogP) is 0.0914. The van der Waals surface area contributed by atoms with E-state index in [1.54, 1.807) is 13.8 Å². The van der Waals surface area contributed by atoms with Crippen LogP contribution in [0.2, 0.25) is 0 Å². The first kappa shape index (κ1) is 44.9. The number of rotatable bonds is 15. The van der Waals surface area contributed by atoms with E-state index in [1.165, 1.54) is 17.2 Å². The Bertz CT molecular complexity index is 2000. The van der Waals surface area contributed by atoms with Crippen molar-refractivity contribution >= 4 is 62.5 Å². The van der Waals surface area contributed by atoms with Gasteiger partial charge in [0.15, 0.2) is 47.9 Å². The second kappa shape index (κ2) is 17.6. The Kier molecular flexibility index (Phi) is 13.6. The number of anilines is 1. The molecule has 3 fully saturated rings. The number of ether oxygens (including phenoxy) is 9. The molecule has 0 spiro atoms. The van der Waals surface area contributed by atoms with Crippen LogP contribution in [0.4, 0.5) is 5.82 Å². The number of nitrogen functional groups attached to an aromatic ring is 1. The Morgan fingerprint density at radius 3 is 2.09 bits per heavy atom. The highest BCUT2D eigenvalue weighted by molar-refractivity contribution is 7.61. The van der Waals surface area contributed by atoms with E-state index in [0.29, 0.717) is 0 Å². The molecular weight excluding hydrogens is 828 g/mol. The fraction of sp³-hybridized carbons (Fsp3) is 0.667. The van der Waals surface area contributed by atoms with Crippen LogP contribution in [-0.4, -0.2) is 133 Å². The van der Waals surface area contributed by atoms with E-state index in [1.807, 2.05) is 0 Å². The Balaban J connectivity index is 1.38. The number of imidazole rings is 1. The number of carbonyl (C=O) groups excluding carboxylic acids is 5. The molecule has 0 bridgehead atoms. The smallest absolute Gasteiger partial charge is 0.462 e. The summed E-state index contributed by atoms with van der Waals surface area (Å²) < 4.78 is 92.6. The summed E-state index contributed by atoms with van der Waals surface area (Å²) in [5, 5.41) is 0. The fourth-order valence-electron chi connectivity index (χ4n) is 6.34. The SMILES string of the molecule is CC(=O)OC[C@@H](OC(C)=O)[C@H]1O[C@@H](OP(=O)(O)OP(=O)(O)OC[C@H]2O[C@@H](n3cnc4c(N)ncnc43)[C@@H]3OC(C)(C)O[C@@H]32)[C@@H](OC(C)=O)[C@@H](OC(C)=O)[C@@H]1OC(C)=O. The van der Waals surface area contributed by atoms with Gasteiger partial charge < -0.3 is 58.2 Å². The number of nitrogens with two attached hydrogens (primary N) is 1. The van der Waals surface area contributed by atoms with Crippen LogP contribution in [-0.2, 0) is 89.1 Å². The molecule has 3 aliphatic heterocycles. The maximum atomic E-state index is 13.4. The lowest BCUT2D eigenvalue weighted by atomic mass is 9.94. The van der Waals surface area contributed by atoms with E-state index < -0.39 is 126 Å². The lowest BCUT2D eigenvalue weighted by Gasteiger charge is -2.45. The second-order valence-corrected chi connectivity index (χ2v) is 16.3. The summed E-state index contributed by atoms with van der Waals surface area (Å²) in [6.07, 6.45) is -13.3. The number of phosphoric acid groups is 2. The van der Waals surface area contributed by atoms with Crippen LogP contribution < -0.4 is 5.73 Å². The Morgan fingerprint density at radius 2 is 1.47 bits per heavy atom. The van der Waals surface area contributed by atoms with Crippen LogP contribution in [0.1, 0.15) is 54.7 Å². The van der Waals surface area contributed by atoms with Gasteiger partial charge in [0.1, 0.15) is 42.9 Å². The molecule has 5 heterocycles. The zero-order valence-electron chi connectivity index (χ0n) is 31.8. The van der Waals surface area contributed by atoms with Gasteiger partial charge in [0.05, 0.1) is 12.9 Å². The molecule has 0 amide bonds. The Hall–Kier alpha value is -4.20. The van der Waals surface area contributed by atoms with Gasteiger partial charge in [-0.2, -0.15) is 4.31 Å². The van der Waals surface area contributed by atoms with E-state index in [9.17, 15) is 42.9 Å². The van der Waals surface area contributed by atoms with E-state index in [4.69, 9.17) is 57.4 Å². The van der Waals surface area contributed by atoms with Gasteiger partial charge in [-0.1, -0.05) is 0 Å². The molecule has 3 saturated heterocycles. The molecule has 5 rings (SSSR count). The minimum atomic E-state index is -5.91. The van der Waals surface area contributed by atoms with Crippen LogP contribution in [0.5, 0.6) is 0 Å². The van der Waals surface area contributed by atoms with Crippen molar-refractivity contribution in [3.8, 4) is 0 Å². The molecule has 0 radical (unpaired) electrons. The van der Waals surface area contributed by atoms with Gasteiger partial charge in [0.25, 0.3) is 0 Å². The summed E-state index contributed by atoms with van der Waals surface area (Å²) in [6, 6.07) is 0. The van der Waals surface area contributed by atoms with E-state index >= 15 is 0 Å². The number of nitrogens with zero attached hydrogens (tertiary/aromatic N) is 4. The number of carbonyl (C=O) groups is 5. The monoisotopic (exact) mass is 869 g/mol. The summed E-state index contributed by atoms with van der Waals surface area (Å²) >= 11 is 0. The first-order valence-electron chi connectivity index (χ1n) is 17.1. The first-order valence-corrected chi connectivity index (χ1v) is 20.1. The maximum absolute atomic E-state index is 13.4. The van der Waals surface area contributed by atoms with Gasteiger partial charge in [-0.05, 0) is 13.8 Å². The fourth-order valence-corrected chi connectivity index (χ4v) is 8.50. The van der Waals surface area contributed by atoms with Crippen molar-refractivity contribution < 1.29 is 98.9 Å². The summed E-state index contributed by atoms with van der Waals surface area (Å²) in [6.45, 7) is 6.30. The third-order valence-corrected chi connectivity index (χ3v) is 10.8. The molecule has 0 aliphatic carbocycles. The maximum Gasteiger partial charge on any atom is 0.483 e. The first-order chi connectivity index (χ1) is 27.0. The van der Waals surface area contributed by atoms with Gasteiger partial charge in [-0.3, -0.25) is 37.6 Å². The highest BCUT2D eigenvalue weighted by Gasteiger charge is 2.59. The number of esters is 5. The van der Waals surface area contributed by atoms with Crippen LogP contribution in [0, 0.1) is 0 Å². The van der Waals surface area contributed by atoms with Crippen LogP contribution >= 0.6 is 15.6 Å². The second-order valence-electron chi connectivity index (χ2n) is 13.3. The quantitative estimate of drug-likeness (QED) is 0.121. The highest BCUT2D eigenvalue weighted by atomic mass is 31.3. The van der Waals surface area contributed by atoms with Crippen molar-refractivity contribution in [1.29, 1.82) is 0 Å². The van der Waals surface area contributed by atoms with Gasteiger partial charge >= 0.3 is 45.5 Å². The van der Waals surface area contributed by atoms with E-state index in [0.717, 1.165) is 34.6 Å². The third kappa shape index (κ3) is 10.9. The zero-order chi connectivity index (χ0) is 42.9. The van der Waals surface area contributed by atoms with Crippen LogP contribution in [0.25, 0.3) is 11.2 Å². The third-order valence-electron chi connectivity index (χ3n) is 8.20. The van der Waals surface area contributed by atoms with Gasteiger partial charge in [-0.15, -0.1) is 0 Å². The molecule has 28 heteroatoms. The van der Waals surface area contributed by atoms with Crippen LogP contribution in [0.3, 0.4) is 0 Å². The minimum Gasteiger partial charge on any atom is -0.462 e. The van der Waals surface area contributed by atoms with Gasteiger partial charge in [0, 0.05) is 34.6 Å². The number of phosphoric ester groups is 2. The number of aromatic nitrogens is 4. The minimum absolute atomic E-state index is 0.0850. The lowest BCUT2D eigenvalue weighted by molar-refractivity contribution is -0.301. The average Bonchev–Trinajstić information content (AvgIpc) is 3.74.